The van der Waals surface area contributed by atoms with Crippen LogP contribution in [0.15, 0.2) is 0 Å². The molecule has 0 bridgehead atoms. The summed E-state index contributed by atoms with van der Waals surface area (Å²) in [4.78, 5) is 8.00. The van der Waals surface area contributed by atoms with Crippen LogP contribution in [-0.2, 0) is 21.6 Å². The van der Waals surface area contributed by atoms with Crippen molar-refractivity contribution in [2.24, 2.45) is 0 Å². The third-order valence-corrected chi connectivity index (χ3v) is 0. The molecular formula is CH2CoNa2O. The van der Waals surface area contributed by atoms with E-state index in [2.05, 4.69) is 0 Å². The second kappa shape index (κ2) is 34.9. The van der Waals surface area contributed by atoms with E-state index in [1.807, 2.05) is 6.79 Å². The Bertz CT molecular complexity index is 9.61. The van der Waals surface area contributed by atoms with E-state index >= 15 is 0 Å². The van der Waals surface area contributed by atoms with Crippen molar-refractivity contribution in [3.63, 3.8) is 0 Å². The van der Waals surface area contributed by atoms with E-state index in [4.69, 9.17) is 4.79 Å². The molecule has 5 heavy (non-hydrogen) atoms. The van der Waals surface area contributed by atoms with Crippen molar-refractivity contribution in [2.45, 2.75) is 0 Å². The van der Waals surface area contributed by atoms with Gasteiger partial charge in [0.2, 0.25) is 0 Å². The van der Waals surface area contributed by atoms with Crippen molar-refractivity contribution in [3.8, 4) is 0 Å². The molecule has 0 atom stereocenters. The zero-order valence-electron chi connectivity index (χ0n) is 3.45. The standard InChI is InChI=1S/CH2O.Co.2Na/c1-2;;;/h1H2;;;/q;-2;2*+1. The van der Waals surface area contributed by atoms with Crippen molar-refractivity contribution >= 4 is 6.79 Å². The molecule has 23 valence electrons. The summed E-state index contributed by atoms with van der Waals surface area (Å²) in [6.45, 7) is 2.00. The van der Waals surface area contributed by atoms with Crippen molar-refractivity contribution in [1.29, 1.82) is 0 Å². The van der Waals surface area contributed by atoms with Gasteiger partial charge >= 0.3 is 59.1 Å². The summed E-state index contributed by atoms with van der Waals surface area (Å²) in [6, 6.07) is 0. The Balaban J connectivity index is -0.00000000167. The maximum atomic E-state index is 8.00. The number of carbonyl (C=O) groups excluding carboxylic acids is 1. The Morgan fingerprint density at radius 1 is 1.00 bits per heavy atom. The van der Waals surface area contributed by atoms with Gasteiger partial charge in [-0.05, 0) is 0 Å². The van der Waals surface area contributed by atoms with Gasteiger partial charge in [0.25, 0.3) is 0 Å². The average molecular weight is 135 g/mol. The van der Waals surface area contributed by atoms with Gasteiger partial charge in [-0.3, -0.25) is 0 Å². The van der Waals surface area contributed by atoms with Crippen LogP contribution < -0.4 is 59.1 Å². The van der Waals surface area contributed by atoms with Crippen LogP contribution >= 0.6 is 0 Å². The molecule has 0 fully saturated rings. The van der Waals surface area contributed by atoms with E-state index in [9.17, 15) is 0 Å². The number of hydrogen-bond acceptors (Lipinski definition) is 1. The summed E-state index contributed by atoms with van der Waals surface area (Å²) in [5, 5.41) is 0. The Kier molecular flexibility index (Phi) is 190. The topological polar surface area (TPSA) is 17.1 Å². The fourth-order valence-electron chi connectivity index (χ4n) is 0. The van der Waals surface area contributed by atoms with Gasteiger partial charge in [-0.25, -0.2) is 0 Å². The van der Waals surface area contributed by atoms with E-state index in [1.165, 1.54) is 0 Å². The minimum atomic E-state index is 0. The SMILES string of the molecule is C=O.[Co-2].[Na+].[Na+]. The molecule has 0 aromatic rings. The van der Waals surface area contributed by atoms with E-state index in [-0.39, 0.29) is 75.9 Å². The normalized spacial score (nSPS) is 0.800. The second-order valence-electron chi connectivity index (χ2n) is 0. The fraction of sp³-hybridized carbons (Fsp3) is 0. The summed E-state index contributed by atoms with van der Waals surface area (Å²) >= 11 is 0. The molecule has 0 aromatic carbocycles. The third kappa shape index (κ3) is 22.7. The first kappa shape index (κ1) is 27.1. The molecule has 0 aromatic heterocycles. The minimum absolute atomic E-state index is 0. The zero-order chi connectivity index (χ0) is 2.00. The first-order chi connectivity index (χ1) is 1.00. The van der Waals surface area contributed by atoms with Gasteiger partial charge in [0.1, 0.15) is 6.79 Å². The Morgan fingerprint density at radius 3 is 1.00 bits per heavy atom. The average Bonchev–Trinajstić information content (AvgIpc) is 1.00. The fourth-order valence-corrected chi connectivity index (χ4v) is 0. The molecule has 4 heteroatoms. The zero-order valence-corrected chi connectivity index (χ0v) is 8.49. The first-order valence-electron chi connectivity index (χ1n) is 0.289. The number of hydrogen-bond donors (Lipinski definition) is 0. The molecule has 0 N–H and O–H groups in total. The maximum Gasteiger partial charge on any atom is 1.00 e. The Labute approximate surface area is 86.0 Å². The van der Waals surface area contributed by atoms with Crippen LogP contribution in [0.2, 0.25) is 0 Å². The summed E-state index contributed by atoms with van der Waals surface area (Å²) < 4.78 is 0. The molecule has 0 saturated carbocycles. The summed E-state index contributed by atoms with van der Waals surface area (Å²) in [5.74, 6) is 0. The van der Waals surface area contributed by atoms with E-state index in [1.54, 1.807) is 0 Å². The summed E-state index contributed by atoms with van der Waals surface area (Å²) in [5.41, 5.74) is 0. The van der Waals surface area contributed by atoms with Gasteiger partial charge in [0.15, 0.2) is 0 Å². The van der Waals surface area contributed by atoms with E-state index in [0.29, 0.717) is 0 Å². The molecule has 0 aliphatic carbocycles. The van der Waals surface area contributed by atoms with Crippen molar-refractivity contribution < 1.29 is 80.7 Å². The molecule has 0 amide bonds. The quantitative estimate of drug-likeness (QED) is 0.302. The van der Waals surface area contributed by atoms with Gasteiger partial charge in [-0.2, -0.15) is 0 Å². The second-order valence-corrected chi connectivity index (χ2v) is 0. The van der Waals surface area contributed by atoms with Crippen LogP contribution in [0.4, 0.5) is 0 Å². The largest absolute Gasteiger partial charge is 2.00 e. The molecule has 0 saturated heterocycles. The van der Waals surface area contributed by atoms with Gasteiger partial charge in [-0.15, -0.1) is 0 Å². The van der Waals surface area contributed by atoms with Crippen LogP contribution in [0.5, 0.6) is 0 Å². The van der Waals surface area contributed by atoms with Crippen LogP contribution in [0.25, 0.3) is 0 Å². The van der Waals surface area contributed by atoms with Crippen molar-refractivity contribution in [3.05, 3.63) is 0 Å². The van der Waals surface area contributed by atoms with Crippen LogP contribution in [0, 0.1) is 0 Å². The Morgan fingerprint density at radius 2 is 1.00 bits per heavy atom. The molecule has 1 nitrogen and oxygen atoms in total. The number of carbonyl (C=O) groups is 1. The van der Waals surface area contributed by atoms with Crippen molar-refractivity contribution in [2.75, 3.05) is 0 Å². The predicted octanol–water partition coefficient (Wildman–Crippen LogP) is -6.18. The maximum absolute atomic E-state index is 8.00. The first-order valence-corrected chi connectivity index (χ1v) is 0.289. The molecule has 0 unspecified atom stereocenters. The smallest absolute Gasteiger partial charge is 1.00 e. The molecule has 0 aliphatic rings. The van der Waals surface area contributed by atoms with Crippen LogP contribution in [-0.4, -0.2) is 6.79 Å². The summed E-state index contributed by atoms with van der Waals surface area (Å²) in [7, 11) is 0. The molecule has 0 spiro atoms. The molecule has 0 aliphatic heterocycles. The van der Waals surface area contributed by atoms with Gasteiger partial charge < -0.3 is 21.6 Å². The molecular weight excluding hydrogens is 133 g/mol. The Hall–Kier alpha value is 2.18. The van der Waals surface area contributed by atoms with Crippen LogP contribution in [0.1, 0.15) is 0 Å². The monoisotopic (exact) mass is 135 g/mol. The summed E-state index contributed by atoms with van der Waals surface area (Å²) in [6.07, 6.45) is 0. The molecule has 0 rings (SSSR count). The van der Waals surface area contributed by atoms with E-state index in [0.717, 1.165) is 0 Å². The van der Waals surface area contributed by atoms with Crippen molar-refractivity contribution in [1.82, 2.24) is 0 Å². The van der Waals surface area contributed by atoms with Gasteiger partial charge in [-0.1, -0.05) is 0 Å². The van der Waals surface area contributed by atoms with E-state index < -0.39 is 0 Å². The number of rotatable bonds is 0. The predicted molar refractivity (Wildman–Crippen MR) is 7.12 cm³/mol. The minimum Gasteiger partial charge on any atom is -2.00 e. The molecule has 0 heterocycles. The third-order valence-electron chi connectivity index (χ3n) is 0. The van der Waals surface area contributed by atoms with Gasteiger partial charge in [0, 0.05) is 0 Å². The van der Waals surface area contributed by atoms with Crippen LogP contribution in [0.3, 0.4) is 0 Å². The van der Waals surface area contributed by atoms with Gasteiger partial charge in [0.05, 0.1) is 0 Å². The molecule has 1 radical (unpaired) electrons.